The van der Waals surface area contributed by atoms with Gasteiger partial charge in [-0.15, -0.1) is 0 Å². The van der Waals surface area contributed by atoms with Crippen LogP contribution in [0.25, 0.3) is 0 Å². The SMILES string of the molecule is CC(CC(=O)O)CC(=O)NCCCc1ncc[nH]1. The van der Waals surface area contributed by atoms with Crippen LogP contribution in [0.2, 0.25) is 0 Å². The lowest BCUT2D eigenvalue weighted by molar-refractivity contribution is -0.138. The smallest absolute Gasteiger partial charge is 0.303 e. The van der Waals surface area contributed by atoms with Crippen LogP contribution in [-0.2, 0) is 16.0 Å². The van der Waals surface area contributed by atoms with Gasteiger partial charge in [-0.05, 0) is 12.3 Å². The maximum Gasteiger partial charge on any atom is 0.303 e. The molecular weight excluding hydrogens is 234 g/mol. The summed E-state index contributed by atoms with van der Waals surface area (Å²) in [5.41, 5.74) is 0. The molecule has 0 aliphatic carbocycles. The summed E-state index contributed by atoms with van der Waals surface area (Å²) in [6, 6.07) is 0. The van der Waals surface area contributed by atoms with Crippen molar-refractivity contribution in [2.24, 2.45) is 5.92 Å². The van der Waals surface area contributed by atoms with Gasteiger partial charge in [-0.25, -0.2) is 4.98 Å². The molecule has 6 nitrogen and oxygen atoms in total. The van der Waals surface area contributed by atoms with Crippen LogP contribution in [-0.4, -0.2) is 33.5 Å². The van der Waals surface area contributed by atoms with E-state index in [1.54, 1.807) is 19.3 Å². The zero-order valence-electron chi connectivity index (χ0n) is 10.5. The predicted molar refractivity (Wildman–Crippen MR) is 66.0 cm³/mol. The number of aryl methyl sites for hydroxylation is 1. The highest BCUT2D eigenvalue weighted by Crippen LogP contribution is 2.06. The van der Waals surface area contributed by atoms with E-state index in [-0.39, 0.29) is 24.7 Å². The van der Waals surface area contributed by atoms with Gasteiger partial charge in [-0.2, -0.15) is 0 Å². The molecule has 1 aromatic rings. The molecule has 1 rings (SSSR count). The Morgan fingerprint density at radius 2 is 2.28 bits per heavy atom. The molecule has 1 atom stereocenters. The van der Waals surface area contributed by atoms with Gasteiger partial charge in [0, 0.05) is 38.2 Å². The summed E-state index contributed by atoms with van der Waals surface area (Å²) in [5.74, 6) is -0.188. The summed E-state index contributed by atoms with van der Waals surface area (Å²) < 4.78 is 0. The number of rotatable bonds is 8. The zero-order chi connectivity index (χ0) is 13.4. The topological polar surface area (TPSA) is 95.1 Å². The van der Waals surface area contributed by atoms with Gasteiger partial charge in [-0.1, -0.05) is 6.92 Å². The first-order valence-corrected chi connectivity index (χ1v) is 6.04. The largest absolute Gasteiger partial charge is 0.481 e. The van der Waals surface area contributed by atoms with Crippen molar-refractivity contribution in [1.29, 1.82) is 0 Å². The highest BCUT2D eigenvalue weighted by molar-refractivity contribution is 5.77. The summed E-state index contributed by atoms with van der Waals surface area (Å²) in [6.45, 7) is 2.34. The predicted octanol–water partition coefficient (Wildman–Crippen LogP) is 0.959. The lowest BCUT2D eigenvalue weighted by Crippen LogP contribution is -2.26. The van der Waals surface area contributed by atoms with Crippen molar-refractivity contribution < 1.29 is 14.7 Å². The van der Waals surface area contributed by atoms with Crippen LogP contribution >= 0.6 is 0 Å². The Hall–Kier alpha value is -1.85. The molecule has 0 saturated heterocycles. The number of imidazole rings is 1. The molecule has 100 valence electrons. The minimum absolute atomic E-state index is 0.0276. The first-order valence-electron chi connectivity index (χ1n) is 6.04. The third-order valence-electron chi connectivity index (χ3n) is 2.52. The number of aromatic nitrogens is 2. The van der Waals surface area contributed by atoms with Crippen LogP contribution in [0.1, 0.15) is 32.0 Å². The number of carbonyl (C=O) groups is 2. The zero-order valence-corrected chi connectivity index (χ0v) is 10.5. The maximum absolute atomic E-state index is 11.5. The van der Waals surface area contributed by atoms with E-state index >= 15 is 0 Å². The van der Waals surface area contributed by atoms with Gasteiger partial charge in [-0.3, -0.25) is 9.59 Å². The molecule has 0 aliphatic heterocycles. The molecular formula is C12H19N3O3. The normalized spacial score (nSPS) is 12.1. The molecule has 0 aliphatic rings. The number of hydrogen-bond donors (Lipinski definition) is 3. The van der Waals surface area contributed by atoms with Gasteiger partial charge in [0.05, 0.1) is 0 Å². The first-order chi connectivity index (χ1) is 8.58. The lowest BCUT2D eigenvalue weighted by atomic mass is 10.0. The average molecular weight is 253 g/mol. The number of carboxylic acid groups (broad SMARTS) is 1. The molecule has 0 aromatic carbocycles. The Bertz CT molecular complexity index is 376. The Morgan fingerprint density at radius 1 is 1.50 bits per heavy atom. The van der Waals surface area contributed by atoms with E-state index in [1.165, 1.54) is 0 Å². The molecule has 6 heteroatoms. The van der Waals surface area contributed by atoms with Crippen LogP contribution in [0.4, 0.5) is 0 Å². The minimum Gasteiger partial charge on any atom is -0.481 e. The van der Waals surface area contributed by atoms with Crippen molar-refractivity contribution in [2.45, 2.75) is 32.6 Å². The molecule has 0 saturated carbocycles. The quantitative estimate of drug-likeness (QED) is 0.601. The molecule has 1 aromatic heterocycles. The number of amides is 1. The number of nitrogens with zero attached hydrogens (tertiary/aromatic N) is 1. The summed E-state index contributed by atoms with van der Waals surface area (Å²) >= 11 is 0. The number of aromatic amines is 1. The molecule has 1 amide bonds. The van der Waals surface area contributed by atoms with Gasteiger partial charge in [0.1, 0.15) is 5.82 Å². The fourth-order valence-electron chi connectivity index (χ4n) is 1.68. The van der Waals surface area contributed by atoms with E-state index in [9.17, 15) is 9.59 Å². The molecule has 3 N–H and O–H groups in total. The van der Waals surface area contributed by atoms with Crippen LogP contribution in [0.5, 0.6) is 0 Å². The second-order valence-electron chi connectivity index (χ2n) is 4.40. The van der Waals surface area contributed by atoms with Crippen molar-refractivity contribution in [3.05, 3.63) is 18.2 Å². The third-order valence-corrected chi connectivity index (χ3v) is 2.52. The minimum atomic E-state index is -0.867. The van der Waals surface area contributed by atoms with E-state index in [0.717, 1.165) is 18.7 Å². The van der Waals surface area contributed by atoms with Crippen molar-refractivity contribution >= 4 is 11.9 Å². The number of carbonyl (C=O) groups excluding carboxylic acids is 1. The molecule has 0 bridgehead atoms. The molecule has 0 fully saturated rings. The average Bonchev–Trinajstić information content (AvgIpc) is 2.75. The molecule has 18 heavy (non-hydrogen) atoms. The van der Waals surface area contributed by atoms with E-state index in [2.05, 4.69) is 15.3 Å². The highest BCUT2D eigenvalue weighted by atomic mass is 16.4. The summed E-state index contributed by atoms with van der Waals surface area (Å²) in [6.07, 6.45) is 5.35. The van der Waals surface area contributed by atoms with Gasteiger partial charge in [0.25, 0.3) is 0 Å². The van der Waals surface area contributed by atoms with Crippen LogP contribution in [0.15, 0.2) is 12.4 Å². The second-order valence-corrected chi connectivity index (χ2v) is 4.40. The van der Waals surface area contributed by atoms with E-state index in [4.69, 9.17) is 5.11 Å². The number of hydrogen-bond acceptors (Lipinski definition) is 3. The van der Waals surface area contributed by atoms with E-state index in [1.807, 2.05) is 0 Å². The lowest BCUT2D eigenvalue weighted by Gasteiger charge is -2.08. The summed E-state index contributed by atoms with van der Waals surface area (Å²) in [4.78, 5) is 29.0. The number of carboxylic acids is 1. The van der Waals surface area contributed by atoms with Gasteiger partial charge < -0.3 is 15.4 Å². The number of H-pyrrole nitrogens is 1. The van der Waals surface area contributed by atoms with Crippen molar-refractivity contribution in [1.82, 2.24) is 15.3 Å². The van der Waals surface area contributed by atoms with Crippen molar-refractivity contribution in [3.63, 3.8) is 0 Å². The summed E-state index contributed by atoms with van der Waals surface area (Å²) in [5, 5.41) is 11.4. The molecule has 0 spiro atoms. The van der Waals surface area contributed by atoms with Gasteiger partial charge >= 0.3 is 5.97 Å². The van der Waals surface area contributed by atoms with Crippen molar-refractivity contribution in [3.8, 4) is 0 Å². The Kier molecular flexibility index (Phi) is 5.90. The second kappa shape index (κ2) is 7.47. The highest BCUT2D eigenvalue weighted by Gasteiger charge is 2.11. The number of aliphatic carboxylic acids is 1. The molecule has 1 unspecified atom stereocenters. The summed E-state index contributed by atoms with van der Waals surface area (Å²) in [7, 11) is 0. The number of nitrogens with one attached hydrogen (secondary N) is 2. The van der Waals surface area contributed by atoms with Crippen LogP contribution in [0.3, 0.4) is 0 Å². The van der Waals surface area contributed by atoms with Crippen LogP contribution < -0.4 is 5.32 Å². The van der Waals surface area contributed by atoms with Crippen LogP contribution in [0, 0.1) is 5.92 Å². The third kappa shape index (κ3) is 6.03. The maximum atomic E-state index is 11.5. The van der Waals surface area contributed by atoms with E-state index in [0.29, 0.717) is 6.54 Å². The van der Waals surface area contributed by atoms with Crippen molar-refractivity contribution in [2.75, 3.05) is 6.54 Å². The monoisotopic (exact) mass is 253 g/mol. The molecule has 1 heterocycles. The Labute approximate surface area is 106 Å². The molecule has 0 radical (unpaired) electrons. The fourth-order valence-corrected chi connectivity index (χ4v) is 1.68. The first kappa shape index (κ1) is 14.2. The Balaban J connectivity index is 2.08. The Morgan fingerprint density at radius 3 is 2.89 bits per heavy atom. The van der Waals surface area contributed by atoms with Gasteiger partial charge in [0.15, 0.2) is 0 Å². The van der Waals surface area contributed by atoms with Gasteiger partial charge in [0.2, 0.25) is 5.91 Å². The standard InChI is InChI=1S/C12H19N3O3/c1-9(8-12(17)18)7-11(16)15-4-2-3-10-13-5-6-14-10/h5-6,9H,2-4,7-8H2,1H3,(H,13,14)(H,15,16)(H,17,18). The fraction of sp³-hybridized carbons (Fsp3) is 0.583. The van der Waals surface area contributed by atoms with E-state index < -0.39 is 5.97 Å².